The predicted octanol–water partition coefficient (Wildman–Crippen LogP) is 5.88. The summed E-state index contributed by atoms with van der Waals surface area (Å²) in [5.74, 6) is -0.375. The number of carbonyl (C=O) groups excluding carboxylic acids is 1. The molecule has 0 saturated carbocycles. The van der Waals surface area contributed by atoms with Crippen LogP contribution in [0.2, 0.25) is 10.0 Å². The second-order valence-corrected chi connectivity index (χ2v) is 6.41. The van der Waals surface area contributed by atoms with Crippen molar-refractivity contribution in [1.82, 2.24) is 0 Å². The molecule has 0 atom stereocenters. The Hall–Kier alpha value is -1.82. The van der Waals surface area contributed by atoms with Gasteiger partial charge in [0, 0.05) is 27.4 Å². The van der Waals surface area contributed by atoms with Crippen LogP contribution in [0.1, 0.15) is 22.3 Å². The van der Waals surface area contributed by atoms with Gasteiger partial charge in [-0.15, -0.1) is 0 Å². The number of ketones is 1. The fourth-order valence-electron chi connectivity index (χ4n) is 2.82. The highest BCUT2D eigenvalue weighted by atomic mass is 35.5. The number of halogens is 5. The molecule has 25 heavy (non-hydrogen) atoms. The lowest BCUT2D eigenvalue weighted by Crippen LogP contribution is -2.06. The third-order valence-electron chi connectivity index (χ3n) is 3.95. The Morgan fingerprint density at radius 2 is 1.64 bits per heavy atom. The molecule has 0 aromatic heterocycles. The van der Waals surface area contributed by atoms with Gasteiger partial charge in [-0.2, -0.15) is 13.2 Å². The van der Waals surface area contributed by atoms with Crippen molar-refractivity contribution in [2.24, 2.45) is 0 Å². The molecule has 3 rings (SSSR count). The van der Waals surface area contributed by atoms with Crippen molar-refractivity contribution >= 4 is 50.5 Å². The Kier molecular flexibility index (Phi) is 4.66. The molecule has 130 valence electrons. The molecule has 0 bridgehead atoms. The number of rotatable bonds is 3. The van der Waals surface area contributed by atoms with Crippen LogP contribution in [0.4, 0.5) is 13.2 Å². The normalized spacial score (nSPS) is 12.1. The Morgan fingerprint density at radius 3 is 2.28 bits per heavy atom. The Morgan fingerprint density at radius 1 is 0.960 bits per heavy atom. The van der Waals surface area contributed by atoms with Crippen LogP contribution in [0.25, 0.3) is 21.5 Å². The quantitative estimate of drug-likeness (QED) is 0.450. The first-order chi connectivity index (χ1) is 11.7. The zero-order valence-electron chi connectivity index (χ0n) is 12.6. The summed E-state index contributed by atoms with van der Waals surface area (Å²) in [7, 11) is 0. The molecule has 1 N–H and O–H groups in total. The number of aliphatic hydroxyl groups is 1. The number of alkyl halides is 3. The number of fused-ring (bicyclic) bond motifs is 3. The van der Waals surface area contributed by atoms with Crippen molar-refractivity contribution in [1.29, 1.82) is 0 Å². The Bertz CT molecular complexity index is 997. The molecular weight excluding hydrogens is 376 g/mol. The molecule has 0 amide bonds. The molecule has 0 spiro atoms. The number of aliphatic hydroxyl groups excluding tert-OH is 1. The van der Waals surface area contributed by atoms with Gasteiger partial charge in [0.2, 0.25) is 0 Å². The standard InChI is InChI=1S/C18H11Cl2F3O2/c19-10-6-13-12-5-9(18(21,22)23)1-2-11(12)15(17(25)3-4-24)8-14(13)16(20)7-10/h1-2,5-8,24H,3-4H2. The number of Topliss-reactive ketones (excluding diaryl/α,β-unsaturated/α-hetero) is 1. The van der Waals surface area contributed by atoms with Gasteiger partial charge in [-0.05, 0) is 46.5 Å². The van der Waals surface area contributed by atoms with E-state index in [9.17, 15) is 18.0 Å². The van der Waals surface area contributed by atoms with Crippen molar-refractivity contribution in [3.05, 3.63) is 57.6 Å². The summed E-state index contributed by atoms with van der Waals surface area (Å²) < 4.78 is 39.3. The number of hydrogen-bond acceptors (Lipinski definition) is 2. The van der Waals surface area contributed by atoms with E-state index in [4.69, 9.17) is 28.3 Å². The van der Waals surface area contributed by atoms with Crippen molar-refractivity contribution in [3.63, 3.8) is 0 Å². The monoisotopic (exact) mass is 386 g/mol. The van der Waals surface area contributed by atoms with Crippen molar-refractivity contribution < 1.29 is 23.1 Å². The molecule has 0 unspecified atom stereocenters. The molecule has 0 aliphatic carbocycles. The molecule has 3 aromatic carbocycles. The first-order valence-electron chi connectivity index (χ1n) is 7.29. The molecule has 0 radical (unpaired) electrons. The highest BCUT2D eigenvalue weighted by Gasteiger charge is 2.31. The Labute approximate surface area is 150 Å². The average molecular weight is 387 g/mol. The molecular formula is C18H11Cl2F3O2. The third kappa shape index (κ3) is 3.32. The third-order valence-corrected chi connectivity index (χ3v) is 4.48. The van der Waals surface area contributed by atoms with Crippen LogP contribution in [0, 0.1) is 0 Å². The highest BCUT2D eigenvalue weighted by molar-refractivity contribution is 6.40. The minimum absolute atomic E-state index is 0.132. The molecule has 0 aliphatic rings. The molecule has 3 aromatic rings. The van der Waals surface area contributed by atoms with E-state index in [2.05, 4.69) is 0 Å². The topological polar surface area (TPSA) is 37.3 Å². The maximum atomic E-state index is 13.1. The zero-order chi connectivity index (χ0) is 18.4. The molecule has 0 heterocycles. The van der Waals surface area contributed by atoms with Crippen molar-refractivity contribution in [3.8, 4) is 0 Å². The van der Waals surface area contributed by atoms with Crippen LogP contribution in [0.15, 0.2) is 36.4 Å². The summed E-state index contributed by atoms with van der Waals surface area (Å²) in [4.78, 5) is 12.3. The van der Waals surface area contributed by atoms with Crippen LogP contribution < -0.4 is 0 Å². The van der Waals surface area contributed by atoms with Gasteiger partial charge in [0.1, 0.15) is 0 Å². The number of carbonyl (C=O) groups is 1. The fraction of sp³-hybridized carbons (Fsp3) is 0.167. The lowest BCUT2D eigenvalue weighted by atomic mass is 9.93. The molecule has 7 heteroatoms. The van der Waals surface area contributed by atoms with Gasteiger partial charge in [0.15, 0.2) is 5.78 Å². The maximum Gasteiger partial charge on any atom is 0.416 e. The lowest BCUT2D eigenvalue weighted by Gasteiger charge is -2.14. The summed E-state index contributed by atoms with van der Waals surface area (Å²) in [6.07, 6.45) is -4.65. The Balaban J connectivity index is 2.46. The van der Waals surface area contributed by atoms with E-state index in [-0.39, 0.29) is 39.8 Å². The molecule has 0 aliphatic heterocycles. The second kappa shape index (κ2) is 6.48. The van der Waals surface area contributed by atoms with Gasteiger partial charge >= 0.3 is 6.18 Å². The van der Waals surface area contributed by atoms with Crippen molar-refractivity contribution in [2.45, 2.75) is 12.6 Å². The van der Waals surface area contributed by atoms with Crippen LogP contribution in [0.3, 0.4) is 0 Å². The molecule has 2 nitrogen and oxygen atoms in total. The van der Waals surface area contributed by atoms with E-state index in [0.717, 1.165) is 12.1 Å². The first kappa shape index (κ1) is 18.0. The average Bonchev–Trinajstić information content (AvgIpc) is 2.53. The summed E-state index contributed by atoms with van der Waals surface area (Å²) >= 11 is 12.2. The number of hydrogen-bond donors (Lipinski definition) is 1. The zero-order valence-corrected chi connectivity index (χ0v) is 14.1. The fourth-order valence-corrected chi connectivity index (χ4v) is 3.37. The van der Waals surface area contributed by atoms with E-state index in [0.29, 0.717) is 16.2 Å². The minimum Gasteiger partial charge on any atom is -0.396 e. The minimum atomic E-state index is -4.52. The summed E-state index contributed by atoms with van der Waals surface area (Å²) in [6, 6.07) is 7.69. The summed E-state index contributed by atoms with van der Waals surface area (Å²) in [5, 5.41) is 11.0. The SMILES string of the molecule is O=C(CCO)c1cc2c(Cl)cc(Cl)cc2c2cc(C(F)(F)F)ccc12. The van der Waals surface area contributed by atoms with E-state index in [1.54, 1.807) is 0 Å². The van der Waals surface area contributed by atoms with E-state index >= 15 is 0 Å². The van der Waals surface area contributed by atoms with Gasteiger partial charge < -0.3 is 5.11 Å². The lowest BCUT2D eigenvalue weighted by molar-refractivity contribution is -0.137. The molecule has 0 fully saturated rings. The first-order valence-corrected chi connectivity index (χ1v) is 8.04. The molecule has 0 saturated heterocycles. The highest BCUT2D eigenvalue weighted by Crippen LogP contribution is 2.38. The largest absolute Gasteiger partial charge is 0.416 e. The summed E-state index contributed by atoms with van der Waals surface area (Å²) in [6.45, 7) is -0.354. The van der Waals surface area contributed by atoms with Gasteiger partial charge in [-0.25, -0.2) is 0 Å². The van der Waals surface area contributed by atoms with E-state index < -0.39 is 11.7 Å². The second-order valence-electron chi connectivity index (χ2n) is 5.56. The van der Waals surface area contributed by atoms with E-state index in [1.165, 1.54) is 24.3 Å². The number of benzene rings is 3. The van der Waals surface area contributed by atoms with Gasteiger partial charge in [-0.3, -0.25) is 4.79 Å². The van der Waals surface area contributed by atoms with Crippen LogP contribution in [-0.2, 0) is 6.18 Å². The predicted molar refractivity (Wildman–Crippen MR) is 92.5 cm³/mol. The van der Waals surface area contributed by atoms with Crippen LogP contribution in [0.5, 0.6) is 0 Å². The van der Waals surface area contributed by atoms with Crippen LogP contribution in [-0.4, -0.2) is 17.5 Å². The smallest absolute Gasteiger partial charge is 0.396 e. The van der Waals surface area contributed by atoms with Gasteiger partial charge in [-0.1, -0.05) is 29.3 Å². The van der Waals surface area contributed by atoms with E-state index in [1.807, 2.05) is 0 Å². The van der Waals surface area contributed by atoms with Gasteiger partial charge in [0.25, 0.3) is 0 Å². The van der Waals surface area contributed by atoms with Crippen LogP contribution >= 0.6 is 23.2 Å². The van der Waals surface area contributed by atoms with Crippen molar-refractivity contribution in [2.75, 3.05) is 6.61 Å². The summed E-state index contributed by atoms with van der Waals surface area (Å²) in [5.41, 5.74) is -0.612. The maximum absolute atomic E-state index is 13.1. The van der Waals surface area contributed by atoms with Gasteiger partial charge in [0.05, 0.1) is 12.2 Å².